The number of ether oxygens (including phenoxy) is 1. The van der Waals surface area contributed by atoms with E-state index < -0.39 is 0 Å². The average molecular weight is 338 g/mol. The second-order valence-corrected chi connectivity index (χ2v) is 5.46. The van der Waals surface area contributed by atoms with Gasteiger partial charge in [-0.2, -0.15) is 0 Å². The van der Waals surface area contributed by atoms with Gasteiger partial charge in [-0.05, 0) is 70.7 Å². The molecule has 0 spiro atoms. The number of benzene rings is 2. The van der Waals surface area contributed by atoms with Gasteiger partial charge in [-0.1, -0.05) is 12.1 Å². The number of nitrogens with two attached hydrogens (primary N) is 1. The molecule has 0 fully saturated rings. The van der Waals surface area contributed by atoms with Gasteiger partial charge >= 0.3 is 0 Å². The van der Waals surface area contributed by atoms with Gasteiger partial charge in [0.15, 0.2) is 0 Å². The normalized spacial score (nSPS) is 12.2. The molecule has 0 radical (unpaired) electrons. The number of aryl methyl sites for hydroxylation is 1. The molecule has 1 unspecified atom stereocenters. The molecule has 0 aliphatic carbocycles. The maximum atomic E-state index is 13.4. The fourth-order valence-electron chi connectivity index (χ4n) is 2.11. The first kappa shape index (κ1) is 15.0. The molecule has 0 aliphatic heterocycles. The van der Waals surface area contributed by atoms with Crippen molar-refractivity contribution < 1.29 is 9.13 Å². The van der Waals surface area contributed by atoms with Gasteiger partial charge in [0, 0.05) is 0 Å². The predicted octanol–water partition coefficient (Wildman–Crippen LogP) is 4.34. The van der Waals surface area contributed by atoms with Crippen LogP contribution in [0.5, 0.6) is 5.75 Å². The highest BCUT2D eigenvalue weighted by molar-refractivity contribution is 9.10. The third-order valence-corrected chi connectivity index (χ3v) is 3.81. The molecule has 0 heterocycles. The molecule has 2 rings (SSSR count). The quantitative estimate of drug-likeness (QED) is 0.900. The SMILES string of the molecule is CCOc1ccc(C(N)c2cc(F)ccc2C)cc1Br. The van der Waals surface area contributed by atoms with Crippen molar-refractivity contribution in [1.29, 1.82) is 0 Å². The average Bonchev–Trinajstić information content (AvgIpc) is 2.43. The molecular weight excluding hydrogens is 321 g/mol. The first-order valence-corrected chi connectivity index (χ1v) is 7.26. The van der Waals surface area contributed by atoms with Crippen LogP contribution < -0.4 is 10.5 Å². The zero-order valence-electron chi connectivity index (χ0n) is 11.5. The summed E-state index contributed by atoms with van der Waals surface area (Å²) in [5.74, 6) is 0.505. The summed E-state index contributed by atoms with van der Waals surface area (Å²) >= 11 is 3.47. The van der Waals surface area contributed by atoms with E-state index in [2.05, 4.69) is 15.9 Å². The summed E-state index contributed by atoms with van der Waals surface area (Å²) in [5.41, 5.74) is 8.93. The Bertz CT molecular complexity index is 615. The largest absolute Gasteiger partial charge is 0.493 e. The van der Waals surface area contributed by atoms with Gasteiger partial charge in [-0.25, -0.2) is 4.39 Å². The summed E-state index contributed by atoms with van der Waals surface area (Å²) in [5, 5.41) is 0. The van der Waals surface area contributed by atoms with Gasteiger partial charge in [-0.15, -0.1) is 0 Å². The fourth-order valence-corrected chi connectivity index (χ4v) is 2.62. The Morgan fingerprint density at radius 2 is 2.00 bits per heavy atom. The third-order valence-electron chi connectivity index (χ3n) is 3.19. The molecule has 0 aliphatic rings. The Balaban J connectivity index is 2.35. The Kier molecular flexibility index (Phi) is 4.78. The van der Waals surface area contributed by atoms with Crippen LogP contribution in [0.2, 0.25) is 0 Å². The molecule has 0 amide bonds. The highest BCUT2D eigenvalue weighted by Gasteiger charge is 2.14. The highest BCUT2D eigenvalue weighted by Crippen LogP contribution is 2.31. The molecule has 2 N–H and O–H groups in total. The van der Waals surface area contributed by atoms with E-state index in [0.29, 0.717) is 6.61 Å². The van der Waals surface area contributed by atoms with Crippen molar-refractivity contribution in [2.24, 2.45) is 5.73 Å². The van der Waals surface area contributed by atoms with Crippen molar-refractivity contribution >= 4 is 15.9 Å². The topological polar surface area (TPSA) is 35.2 Å². The monoisotopic (exact) mass is 337 g/mol. The lowest BCUT2D eigenvalue weighted by Crippen LogP contribution is -2.13. The Hall–Kier alpha value is -1.39. The van der Waals surface area contributed by atoms with E-state index in [1.54, 1.807) is 6.07 Å². The van der Waals surface area contributed by atoms with Crippen molar-refractivity contribution in [2.45, 2.75) is 19.9 Å². The van der Waals surface area contributed by atoms with Crippen molar-refractivity contribution in [1.82, 2.24) is 0 Å². The summed E-state index contributed by atoms with van der Waals surface area (Å²) in [6, 6.07) is 10.0. The number of rotatable bonds is 4. The Morgan fingerprint density at radius 3 is 2.65 bits per heavy atom. The van der Waals surface area contributed by atoms with Gasteiger partial charge in [0.25, 0.3) is 0 Å². The molecule has 2 aromatic rings. The van der Waals surface area contributed by atoms with Gasteiger partial charge in [0.1, 0.15) is 11.6 Å². The van der Waals surface area contributed by atoms with Crippen LogP contribution in [0.1, 0.15) is 29.7 Å². The number of hydrogen-bond donors (Lipinski definition) is 1. The van der Waals surface area contributed by atoms with Crippen LogP contribution in [0.15, 0.2) is 40.9 Å². The summed E-state index contributed by atoms with van der Waals surface area (Å²) in [6.07, 6.45) is 0. The van der Waals surface area contributed by atoms with Crippen LogP contribution >= 0.6 is 15.9 Å². The predicted molar refractivity (Wildman–Crippen MR) is 82.5 cm³/mol. The highest BCUT2D eigenvalue weighted by atomic mass is 79.9. The van der Waals surface area contributed by atoms with Crippen molar-refractivity contribution in [3.05, 3.63) is 63.4 Å². The number of halogens is 2. The molecule has 0 bridgehead atoms. The Labute approximate surface area is 126 Å². The molecule has 20 heavy (non-hydrogen) atoms. The van der Waals surface area contributed by atoms with Gasteiger partial charge in [-0.3, -0.25) is 0 Å². The van der Waals surface area contributed by atoms with Gasteiger partial charge in [0.05, 0.1) is 17.1 Å². The standard InChI is InChI=1S/C16H17BrFNO/c1-3-20-15-7-5-11(8-14(15)17)16(19)13-9-12(18)6-4-10(13)2/h4-9,16H,3,19H2,1-2H3. The molecule has 106 valence electrons. The molecule has 2 aromatic carbocycles. The fraction of sp³-hybridized carbons (Fsp3) is 0.250. The van der Waals surface area contributed by atoms with Crippen molar-refractivity contribution in [3.63, 3.8) is 0 Å². The minimum Gasteiger partial charge on any atom is -0.493 e. The summed E-state index contributed by atoms with van der Waals surface area (Å²) in [7, 11) is 0. The summed E-state index contributed by atoms with van der Waals surface area (Å²) in [4.78, 5) is 0. The molecule has 0 aromatic heterocycles. The molecule has 0 saturated carbocycles. The van der Waals surface area contributed by atoms with Gasteiger partial charge in [0.2, 0.25) is 0 Å². The lowest BCUT2D eigenvalue weighted by atomic mass is 9.95. The Morgan fingerprint density at radius 1 is 1.25 bits per heavy atom. The van der Waals surface area contributed by atoms with Crippen LogP contribution in [-0.2, 0) is 0 Å². The van der Waals surface area contributed by atoms with Crippen LogP contribution in [0, 0.1) is 12.7 Å². The minimum atomic E-state index is -0.363. The second kappa shape index (κ2) is 6.37. The number of hydrogen-bond acceptors (Lipinski definition) is 2. The molecule has 2 nitrogen and oxygen atoms in total. The van der Waals surface area contributed by atoms with E-state index in [-0.39, 0.29) is 11.9 Å². The van der Waals surface area contributed by atoms with E-state index in [0.717, 1.165) is 26.9 Å². The molecular formula is C16H17BrFNO. The summed E-state index contributed by atoms with van der Waals surface area (Å²) in [6.45, 7) is 4.47. The van der Waals surface area contributed by atoms with Crippen molar-refractivity contribution in [3.8, 4) is 5.75 Å². The van der Waals surface area contributed by atoms with E-state index in [9.17, 15) is 4.39 Å². The smallest absolute Gasteiger partial charge is 0.133 e. The third kappa shape index (κ3) is 3.19. The molecule has 1 atom stereocenters. The lowest BCUT2D eigenvalue weighted by molar-refractivity contribution is 0.338. The van der Waals surface area contributed by atoms with Crippen molar-refractivity contribution in [2.75, 3.05) is 6.61 Å². The first-order valence-electron chi connectivity index (χ1n) is 6.46. The maximum Gasteiger partial charge on any atom is 0.133 e. The zero-order valence-corrected chi connectivity index (χ0v) is 13.1. The summed E-state index contributed by atoms with van der Waals surface area (Å²) < 4.78 is 19.7. The molecule has 4 heteroatoms. The van der Waals surface area contributed by atoms with Crippen LogP contribution in [0.25, 0.3) is 0 Å². The lowest BCUT2D eigenvalue weighted by Gasteiger charge is -2.17. The van der Waals surface area contributed by atoms with E-state index in [1.165, 1.54) is 12.1 Å². The van der Waals surface area contributed by atoms with Crippen LogP contribution in [-0.4, -0.2) is 6.61 Å². The molecule has 0 saturated heterocycles. The maximum absolute atomic E-state index is 13.4. The van der Waals surface area contributed by atoms with Crippen LogP contribution in [0.3, 0.4) is 0 Å². The van der Waals surface area contributed by atoms with E-state index in [4.69, 9.17) is 10.5 Å². The van der Waals surface area contributed by atoms with E-state index in [1.807, 2.05) is 32.0 Å². The van der Waals surface area contributed by atoms with E-state index >= 15 is 0 Å². The first-order chi connectivity index (χ1) is 9.52. The minimum absolute atomic E-state index is 0.272. The van der Waals surface area contributed by atoms with Gasteiger partial charge < -0.3 is 10.5 Å². The second-order valence-electron chi connectivity index (χ2n) is 4.60. The zero-order chi connectivity index (χ0) is 14.7. The van der Waals surface area contributed by atoms with Crippen LogP contribution in [0.4, 0.5) is 4.39 Å².